The van der Waals surface area contributed by atoms with Gasteiger partial charge in [0.15, 0.2) is 0 Å². The van der Waals surface area contributed by atoms with Gasteiger partial charge in [0.2, 0.25) is 0 Å². The van der Waals surface area contributed by atoms with Crippen LogP contribution in [0.2, 0.25) is 19.6 Å². The minimum absolute atomic E-state index is 0. The maximum Gasteiger partial charge on any atom is 0.0798 e. The van der Waals surface area contributed by atoms with E-state index in [1.54, 1.807) is 0 Å². The predicted octanol–water partition coefficient (Wildman–Crippen LogP) is 4.29. The van der Waals surface area contributed by atoms with Crippen molar-refractivity contribution in [3.8, 4) is 11.3 Å². The molecule has 0 bridgehead atoms. The van der Waals surface area contributed by atoms with E-state index in [1.165, 1.54) is 0 Å². The fraction of sp³-hybridized carbons (Fsp3) is 0.389. The second-order valence-corrected chi connectivity index (χ2v) is 11.5. The summed E-state index contributed by atoms with van der Waals surface area (Å²) >= 11 is 0. The van der Waals surface area contributed by atoms with Crippen LogP contribution >= 0.6 is 0 Å². The molecular weight excluding hydrogens is 451 g/mol. The van der Waals surface area contributed by atoms with Crippen LogP contribution in [0.3, 0.4) is 0 Å². The molecule has 1 aromatic heterocycles. The normalized spacial score (nSPS) is 13.4. The summed E-state index contributed by atoms with van der Waals surface area (Å²) in [4.78, 5) is 4.59. The van der Waals surface area contributed by atoms with E-state index < -0.39 is 14.4 Å². The van der Waals surface area contributed by atoms with Crippen LogP contribution in [0.25, 0.3) is 11.3 Å². The summed E-state index contributed by atoms with van der Waals surface area (Å²) in [6.45, 7) is 10.6. The summed E-state index contributed by atoms with van der Waals surface area (Å²) in [5, 5.41) is 1.10. The minimum atomic E-state index is -1.67. The van der Waals surface area contributed by atoms with Crippen LogP contribution in [0.5, 0.6) is 0 Å². The first-order chi connectivity index (χ1) is 10.1. The first-order valence-corrected chi connectivity index (χ1v) is 10.6. The van der Waals surface area contributed by atoms with Crippen LogP contribution in [0.4, 0.5) is 0 Å². The molecule has 0 saturated heterocycles. The molecular formula is C18H24IrNSi-. The standard InChI is InChI=1S/C18H24NSi.Ir/c1-14(2)11-16-12-17(15-9-7-6-8-10-15)19-13-18(16)20(3,4)5;/h6-9,12-14H,11H2,1-5H3;/q-1;/i11D2;. The Morgan fingerprint density at radius 3 is 2.52 bits per heavy atom. The summed E-state index contributed by atoms with van der Waals surface area (Å²) in [5.41, 5.74) is 2.50. The monoisotopic (exact) mass is 477 g/mol. The van der Waals surface area contributed by atoms with Crippen LogP contribution in [0.15, 0.2) is 36.5 Å². The number of nitrogens with zero attached hydrogens (tertiary/aromatic N) is 1. The molecule has 1 radical (unpaired) electrons. The molecule has 0 atom stereocenters. The molecule has 2 rings (SSSR count). The minimum Gasteiger partial charge on any atom is -0.305 e. The molecule has 0 fully saturated rings. The Kier molecular flexibility index (Phi) is 5.40. The molecule has 0 N–H and O–H groups in total. The number of pyridine rings is 1. The topological polar surface area (TPSA) is 12.9 Å². The van der Waals surface area contributed by atoms with Crippen molar-refractivity contribution in [1.82, 2.24) is 4.98 Å². The predicted molar refractivity (Wildman–Crippen MR) is 90.0 cm³/mol. The molecule has 2 aromatic rings. The molecule has 3 heteroatoms. The zero-order valence-electron chi connectivity index (χ0n) is 15.3. The average Bonchev–Trinajstić information content (AvgIpc) is 2.46. The molecule has 1 heterocycles. The summed E-state index contributed by atoms with van der Waals surface area (Å²) in [6.07, 6.45) is 0.528. The fourth-order valence-corrected chi connectivity index (χ4v) is 3.59. The molecule has 1 aromatic carbocycles. The Hall–Kier alpha value is -0.764. The first-order valence-electron chi connectivity index (χ1n) is 8.12. The number of benzene rings is 1. The van der Waals surface area contributed by atoms with Gasteiger partial charge in [0.05, 0.1) is 8.07 Å². The van der Waals surface area contributed by atoms with Crippen molar-refractivity contribution in [2.75, 3.05) is 0 Å². The SMILES string of the molecule is [2H]C([2H])(c1cc(-c2[c-]cccc2)ncc1[Si](C)(C)C)C(C)C.[Ir]. The van der Waals surface area contributed by atoms with Crippen molar-refractivity contribution >= 4 is 13.3 Å². The third-order valence-corrected chi connectivity index (χ3v) is 5.16. The molecule has 0 aliphatic rings. The van der Waals surface area contributed by atoms with Crippen molar-refractivity contribution in [3.05, 3.63) is 48.2 Å². The maximum atomic E-state index is 8.55. The fourth-order valence-electron chi connectivity index (χ4n) is 2.18. The van der Waals surface area contributed by atoms with E-state index >= 15 is 0 Å². The van der Waals surface area contributed by atoms with Crippen molar-refractivity contribution in [2.24, 2.45) is 5.92 Å². The molecule has 0 unspecified atom stereocenters. The number of hydrogen-bond donors (Lipinski definition) is 0. The van der Waals surface area contributed by atoms with E-state index in [4.69, 9.17) is 2.74 Å². The van der Waals surface area contributed by atoms with E-state index in [0.717, 1.165) is 22.0 Å². The van der Waals surface area contributed by atoms with Gasteiger partial charge >= 0.3 is 0 Å². The Balaban J connectivity index is 0.00000264. The van der Waals surface area contributed by atoms with Gasteiger partial charge in [-0.15, -0.1) is 35.9 Å². The van der Waals surface area contributed by atoms with E-state index in [-0.39, 0.29) is 26.0 Å². The van der Waals surface area contributed by atoms with E-state index in [0.29, 0.717) is 0 Å². The van der Waals surface area contributed by atoms with E-state index in [2.05, 4.69) is 30.7 Å². The Bertz CT molecular complexity index is 652. The van der Waals surface area contributed by atoms with Crippen LogP contribution < -0.4 is 5.19 Å². The Morgan fingerprint density at radius 1 is 1.29 bits per heavy atom. The van der Waals surface area contributed by atoms with Crippen molar-refractivity contribution in [3.63, 3.8) is 0 Å². The third-order valence-electron chi connectivity index (χ3n) is 3.14. The molecule has 0 amide bonds. The van der Waals surface area contributed by atoms with Crippen LogP contribution in [-0.2, 0) is 26.5 Å². The van der Waals surface area contributed by atoms with Gasteiger partial charge in [-0.3, -0.25) is 0 Å². The maximum absolute atomic E-state index is 8.55. The number of rotatable bonds is 4. The number of hydrogen-bond acceptors (Lipinski definition) is 1. The molecule has 0 aliphatic heterocycles. The van der Waals surface area contributed by atoms with Gasteiger partial charge in [0, 0.05) is 29.0 Å². The smallest absolute Gasteiger partial charge is 0.0798 e. The van der Waals surface area contributed by atoms with Crippen LogP contribution in [0.1, 0.15) is 22.2 Å². The number of aromatic nitrogens is 1. The summed E-state index contributed by atoms with van der Waals surface area (Å²) in [5.74, 6) is -0.0856. The van der Waals surface area contributed by atoms with Gasteiger partial charge in [-0.2, -0.15) is 0 Å². The zero-order chi connectivity index (χ0) is 16.5. The summed E-state index contributed by atoms with van der Waals surface area (Å²) in [6, 6.07) is 12.8. The quantitative estimate of drug-likeness (QED) is 0.474. The van der Waals surface area contributed by atoms with Gasteiger partial charge in [0.1, 0.15) is 0 Å². The van der Waals surface area contributed by atoms with Crippen LogP contribution in [0, 0.1) is 12.0 Å². The largest absolute Gasteiger partial charge is 0.305 e. The molecule has 21 heavy (non-hydrogen) atoms. The van der Waals surface area contributed by atoms with Crippen molar-refractivity contribution < 1.29 is 22.8 Å². The first kappa shape index (κ1) is 15.1. The zero-order valence-corrected chi connectivity index (χ0v) is 16.7. The second-order valence-electron chi connectivity index (χ2n) is 6.44. The summed E-state index contributed by atoms with van der Waals surface area (Å²) in [7, 11) is -1.67. The van der Waals surface area contributed by atoms with E-state index in [9.17, 15) is 0 Å². The van der Waals surface area contributed by atoms with Gasteiger partial charge in [-0.05, 0) is 23.2 Å². The third kappa shape index (κ3) is 4.88. The second kappa shape index (κ2) is 7.48. The Morgan fingerprint density at radius 2 is 2.00 bits per heavy atom. The van der Waals surface area contributed by atoms with Gasteiger partial charge in [0.25, 0.3) is 0 Å². The van der Waals surface area contributed by atoms with Crippen molar-refractivity contribution in [2.45, 2.75) is 39.9 Å². The molecule has 1 nitrogen and oxygen atoms in total. The average molecular weight is 477 g/mol. The summed E-state index contributed by atoms with van der Waals surface area (Å²) < 4.78 is 17.1. The van der Waals surface area contributed by atoms with E-state index in [1.807, 2.05) is 50.4 Å². The van der Waals surface area contributed by atoms with Gasteiger partial charge in [-0.25, -0.2) is 0 Å². The Labute approximate surface area is 146 Å². The molecule has 0 spiro atoms. The van der Waals surface area contributed by atoms with Gasteiger partial charge in [-0.1, -0.05) is 45.1 Å². The van der Waals surface area contributed by atoms with Crippen molar-refractivity contribution in [1.29, 1.82) is 0 Å². The molecule has 115 valence electrons. The van der Waals surface area contributed by atoms with Crippen LogP contribution in [-0.4, -0.2) is 13.1 Å². The molecule has 0 aliphatic carbocycles. The van der Waals surface area contributed by atoms with Gasteiger partial charge < -0.3 is 4.98 Å². The molecule has 0 saturated carbocycles.